The van der Waals surface area contributed by atoms with Crippen LogP contribution in [0, 0.1) is 23.7 Å². The maximum atomic E-state index is 14.2. The molecule has 0 unspecified atom stereocenters. The SMILES string of the molecule is CC(C)(C)OC(=O)N[C@H](CF)[C@H]1CC[C@H](C(=O)N2CC[C@@H](C3CCCCC3)[C@H]2C(=O)Nc2ccc3[nH]c(C(=O)NS(=O)(=O)N4CCCC4)cc3c2)CC1. The first-order valence-corrected chi connectivity index (χ1v) is 20.8. The number of aromatic amines is 1. The summed E-state index contributed by atoms with van der Waals surface area (Å²) >= 11 is 0. The van der Waals surface area contributed by atoms with Crippen LogP contribution >= 0.6 is 0 Å². The number of carbonyl (C=O) groups excluding carboxylic acids is 4. The van der Waals surface area contributed by atoms with Gasteiger partial charge in [-0.1, -0.05) is 32.1 Å². The number of alkyl carbamates (subject to hydrolysis) is 1. The molecule has 2 aliphatic heterocycles. The van der Waals surface area contributed by atoms with Crippen LogP contribution in [0.4, 0.5) is 14.9 Å². The van der Waals surface area contributed by atoms with Crippen LogP contribution in [0.2, 0.25) is 0 Å². The number of aromatic nitrogens is 1. The third kappa shape index (κ3) is 9.33. The predicted molar refractivity (Wildman–Crippen MR) is 199 cm³/mol. The van der Waals surface area contributed by atoms with Crippen LogP contribution in [0.1, 0.15) is 108 Å². The van der Waals surface area contributed by atoms with Gasteiger partial charge in [0.1, 0.15) is 24.0 Å². The maximum absolute atomic E-state index is 14.2. The summed E-state index contributed by atoms with van der Waals surface area (Å²) in [6.07, 6.45) is 9.34. The Hall–Kier alpha value is -3.72. The molecule has 2 aliphatic carbocycles. The van der Waals surface area contributed by atoms with Gasteiger partial charge in [-0.05, 0) is 108 Å². The highest BCUT2D eigenvalue weighted by molar-refractivity contribution is 7.87. The highest BCUT2D eigenvalue weighted by Gasteiger charge is 2.47. The Balaban J connectivity index is 1.13. The average Bonchev–Trinajstić information content (AvgIpc) is 3.90. The topological polar surface area (TPSA) is 170 Å². The third-order valence-electron chi connectivity index (χ3n) is 11.6. The van der Waals surface area contributed by atoms with Crippen molar-refractivity contribution >= 4 is 50.6 Å². The van der Waals surface area contributed by atoms with E-state index in [0.717, 1.165) is 44.9 Å². The highest BCUT2D eigenvalue weighted by atomic mass is 32.2. The number of likely N-dealkylation sites (tertiary alicyclic amines) is 1. The van der Waals surface area contributed by atoms with Gasteiger partial charge in [0.15, 0.2) is 0 Å². The van der Waals surface area contributed by atoms with Crippen molar-refractivity contribution in [3.8, 4) is 0 Å². The van der Waals surface area contributed by atoms with Gasteiger partial charge < -0.3 is 25.3 Å². The van der Waals surface area contributed by atoms with E-state index in [-0.39, 0.29) is 35.3 Å². The van der Waals surface area contributed by atoms with Crippen LogP contribution in [0.5, 0.6) is 0 Å². The summed E-state index contributed by atoms with van der Waals surface area (Å²) in [6.45, 7) is 5.80. The number of nitrogens with one attached hydrogen (secondary N) is 4. The van der Waals surface area contributed by atoms with Gasteiger partial charge in [0.05, 0.1) is 6.04 Å². The number of alkyl halides is 1. The molecule has 4 N–H and O–H groups in total. The van der Waals surface area contributed by atoms with E-state index in [1.165, 1.54) is 10.7 Å². The van der Waals surface area contributed by atoms with Crippen molar-refractivity contribution < 1.29 is 36.7 Å². The minimum Gasteiger partial charge on any atom is -0.444 e. The molecule has 3 heterocycles. The van der Waals surface area contributed by atoms with Crippen molar-refractivity contribution in [1.29, 1.82) is 0 Å². The Morgan fingerprint density at radius 2 is 1.62 bits per heavy atom. The molecular formula is C38H55FN6O7S. The molecule has 3 atom stereocenters. The molecule has 0 bridgehead atoms. The van der Waals surface area contributed by atoms with E-state index >= 15 is 0 Å². The number of hydrogen-bond acceptors (Lipinski definition) is 7. The summed E-state index contributed by atoms with van der Waals surface area (Å²) in [6, 6.07) is 5.43. The average molecular weight is 759 g/mol. The van der Waals surface area contributed by atoms with Gasteiger partial charge in [-0.15, -0.1) is 0 Å². The van der Waals surface area contributed by atoms with Gasteiger partial charge in [0.2, 0.25) is 11.8 Å². The molecule has 2 saturated heterocycles. The molecule has 0 spiro atoms. The fraction of sp³-hybridized carbons (Fsp3) is 0.684. The zero-order valence-corrected chi connectivity index (χ0v) is 31.9. The summed E-state index contributed by atoms with van der Waals surface area (Å²) in [5.41, 5.74) is 0.509. The zero-order chi connectivity index (χ0) is 37.9. The predicted octanol–water partition coefficient (Wildman–Crippen LogP) is 5.64. The molecule has 2 saturated carbocycles. The lowest BCUT2D eigenvalue weighted by Gasteiger charge is -2.37. The number of hydrogen-bond donors (Lipinski definition) is 4. The molecule has 53 heavy (non-hydrogen) atoms. The number of fused-ring (bicyclic) bond motifs is 1. The monoisotopic (exact) mass is 758 g/mol. The van der Waals surface area contributed by atoms with Crippen molar-refractivity contribution in [2.24, 2.45) is 23.7 Å². The molecule has 0 radical (unpaired) electrons. The molecule has 1 aromatic carbocycles. The summed E-state index contributed by atoms with van der Waals surface area (Å²) in [4.78, 5) is 58.4. The van der Waals surface area contributed by atoms with Crippen LogP contribution in [0.3, 0.4) is 0 Å². The first-order chi connectivity index (χ1) is 25.2. The lowest BCUT2D eigenvalue weighted by molar-refractivity contribution is -0.142. The van der Waals surface area contributed by atoms with Gasteiger partial charge in [-0.25, -0.2) is 13.9 Å². The molecule has 4 aliphatic rings. The lowest BCUT2D eigenvalue weighted by Crippen LogP contribution is -2.50. The van der Waals surface area contributed by atoms with E-state index in [4.69, 9.17) is 4.74 Å². The van der Waals surface area contributed by atoms with E-state index < -0.39 is 46.6 Å². The van der Waals surface area contributed by atoms with Crippen LogP contribution in [-0.4, -0.2) is 90.4 Å². The van der Waals surface area contributed by atoms with Gasteiger partial charge in [-0.2, -0.15) is 12.7 Å². The Kier molecular flexibility index (Phi) is 12.0. The van der Waals surface area contributed by atoms with E-state index in [9.17, 15) is 32.0 Å². The lowest BCUT2D eigenvalue weighted by atomic mass is 9.76. The summed E-state index contributed by atoms with van der Waals surface area (Å²) in [5, 5.41) is 6.38. The van der Waals surface area contributed by atoms with Crippen LogP contribution < -0.4 is 15.4 Å². The highest BCUT2D eigenvalue weighted by Crippen LogP contribution is 2.41. The Morgan fingerprint density at radius 1 is 0.925 bits per heavy atom. The van der Waals surface area contributed by atoms with E-state index in [2.05, 4.69) is 20.3 Å². The largest absolute Gasteiger partial charge is 0.444 e. The molecule has 4 amide bonds. The van der Waals surface area contributed by atoms with E-state index in [1.807, 2.05) is 0 Å². The fourth-order valence-electron chi connectivity index (χ4n) is 8.91. The smallest absolute Gasteiger partial charge is 0.407 e. The number of H-pyrrole nitrogens is 1. The zero-order valence-electron chi connectivity index (χ0n) is 31.1. The summed E-state index contributed by atoms with van der Waals surface area (Å²) < 4.78 is 48.1. The first-order valence-electron chi connectivity index (χ1n) is 19.3. The van der Waals surface area contributed by atoms with E-state index in [0.29, 0.717) is 67.8 Å². The van der Waals surface area contributed by atoms with Crippen molar-refractivity contribution in [3.05, 3.63) is 30.0 Å². The molecular weight excluding hydrogens is 704 g/mol. The number of rotatable bonds is 10. The Bertz CT molecular complexity index is 1760. The number of anilines is 1. The molecule has 15 heteroatoms. The number of nitrogens with zero attached hydrogens (tertiary/aromatic N) is 2. The molecule has 4 fully saturated rings. The van der Waals surface area contributed by atoms with Crippen LogP contribution in [0.25, 0.3) is 10.9 Å². The van der Waals surface area contributed by atoms with Gasteiger partial charge in [-0.3, -0.25) is 14.4 Å². The number of carbonyl (C=O) groups is 4. The third-order valence-corrected chi connectivity index (χ3v) is 13.1. The minimum absolute atomic E-state index is 0.0355. The normalized spacial score (nSPS) is 25.2. The fourth-order valence-corrected chi connectivity index (χ4v) is 10.1. The van der Waals surface area contributed by atoms with Gasteiger partial charge in [0, 0.05) is 42.1 Å². The van der Waals surface area contributed by atoms with Gasteiger partial charge in [0.25, 0.3) is 5.91 Å². The Morgan fingerprint density at radius 3 is 2.28 bits per heavy atom. The molecule has 1 aromatic heterocycles. The number of benzene rings is 1. The molecule has 6 rings (SSSR count). The first kappa shape index (κ1) is 39.0. The van der Waals surface area contributed by atoms with Crippen molar-refractivity contribution in [3.63, 3.8) is 0 Å². The number of halogens is 1. The minimum atomic E-state index is -3.94. The second-order valence-corrected chi connectivity index (χ2v) is 18.0. The summed E-state index contributed by atoms with van der Waals surface area (Å²) in [7, 11) is -3.94. The van der Waals surface area contributed by atoms with Crippen molar-refractivity contribution in [2.45, 2.75) is 116 Å². The molecule has 292 valence electrons. The number of ether oxygens (including phenoxy) is 1. The standard InChI is InChI=1S/C38H55FN6O7S/c1-38(2,3)52-37(49)42-32(23-39)25-11-13-26(14-12-25)36(48)45-20-17-29(24-9-5-4-6-10-24)33(45)35(47)40-28-15-16-30-27(21-28)22-31(41-30)34(46)43-53(50,51)44-18-7-8-19-44/h15-16,21-22,24-26,29,32-33,41H,4-14,17-20,23H2,1-3H3,(H,40,47)(H,42,49)(H,43,46)/t25-,26-,29-,32+,33-/m0/s1. The summed E-state index contributed by atoms with van der Waals surface area (Å²) in [5.74, 6) is -1.07. The van der Waals surface area contributed by atoms with Crippen molar-refractivity contribution in [2.75, 3.05) is 31.6 Å². The van der Waals surface area contributed by atoms with Crippen LogP contribution in [0.15, 0.2) is 24.3 Å². The number of amides is 4. The van der Waals surface area contributed by atoms with Gasteiger partial charge >= 0.3 is 16.3 Å². The second kappa shape index (κ2) is 16.3. The quantitative estimate of drug-likeness (QED) is 0.243. The van der Waals surface area contributed by atoms with Crippen LogP contribution in [-0.2, 0) is 24.5 Å². The molecule has 2 aromatic rings. The maximum Gasteiger partial charge on any atom is 0.407 e. The van der Waals surface area contributed by atoms with E-state index in [1.54, 1.807) is 49.9 Å². The second-order valence-electron chi connectivity index (χ2n) is 16.4. The molecule has 13 nitrogen and oxygen atoms in total. The Labute approximate surface area is 311 Å². The van der Waals surface area contributed by atoms with Crippen molar-refractivity contribution in [1.82, 2.24) is 24.2 Å².